The van der Waals surface area contributed by atoms with Crippen LogP contribution in [0.5, 0.6) is 0 Å². The fourth-order valence-corrected chi connectivity index (χ4v) is 2.66. The van der Waals surface area contributed by atoms with Crippen LogP contribution in [-0.4, -0.2) is 23.7 Å². The standard InChI is InChI=1S/C20H19NO2/c22-14-19(12-15-6-2-1-3-7-15)21-20(23)18-11-10-16-8-4-5-9-17(16)13-18/h1-11,13,19,22H,12,14H2,(H,21,23)/t19-/m1/s1. The third-order valence-corrected chi connectivity index (χ3v) is 3.89. The van der Waals surface area contributed by atoms with Gasteiger partial charge in [0, 0.05) is 5.56 Å². The Bertz CT molecular complexity index is 799. The fraction of sp³-hybridized carbons (Fsp3) is 0.150. The van der Waals surface area contributed by atoms with Gasteiger partial charge >= 0.3 is 0 Å². The Balaban J connectivity index is 1.73. The van der Waals surface area contributed by atoms with E-state index in [-0.39, 0.29) is 18.6 Å². The quantitative estimate of drug-likeness (QED) is 0.760. The van der Waals surface area contributed by atoms with Gasteiger partial charge in [0.2, 0.25) is 0 Å². The predicted octanol–water partition coefficient (Wildman–Crippen LogP) is 3.17. The van der Waals surface area contributed by atoms with E-state index in [0.29, 0.717) is 12.0 Å². The lowest BCUT2D eigenvalue weighted by Gasteiger charge is -2.16. The van der Waals surface area contributed by atoms with Crippen molar-refractivity contribution in [2.24, 2.45) is 0 Å². The highest BCUT2D eigenvalue weighted by molar-refractivity contribution is 5.98. The lowest BCUT2D eigenvalue weighted by Crippen LogP contribution is -2.39. The minimum absolute atomic E-state index is 0.0891. The Labute approximate surface area is 135 Å². The van der Waals surface area contributed by atoms with E-state index in [1.165, 1.54) is 0 Å². The third-order valence-electron chi connectivity index (χ3n) is 3.89. The Morgan fingerprint density at radius 2 is 1.61 bits per heavy atom. The Hall–Kier alpha value is -2.65. The van der Waals surface area contributed by atoms with E-state index in [1.807, 2.05) is 72.8 Å². The van der Waals surface area contributed by atoms with Crippen LogP contribution in [0.4, 0.5) is 0 Å². The smallest absolute Gasteiger partial charge is 0.251 e. The predicted molar refractivity (Wildman–Crippen MR) is 92.4 cm³/mol. The summed E-state index contributed by atoms with van der Waals surface area (Å²) in [5.41, 5.74) is 1.69. The maximum Gasteiger partial charge on any atom is 0.251 e. The number of aliphatic hydroxyl groups excluding tert-OH is 1. The van der Waals surface area contributed by atoms with Crippen LogP contribution in [-0.2, 0) is 6.42 Å². The van der Waals surface area contributed by atoms with Crippen molar-refractivity contribution in [3.8, 4) is 0 Å². The highest BCUT2D eigenvalue weighted by atomic mass is 16.3. The van der Waals surface area contributed by atoms with Crippen LogP contribution in [0.1, 0.15) is 15.9 Å². The summed E-state index contributed by atoms with van der Waals surface area (Å²) in [6, 6.07) is 23.1. The van der Waals surface area contributed by atoms with E-state index in [9.17, 15) is 9.90 Å². The first kappa shape index (κ1) is 15.3. The van der Waals surface area contributed by atoms with Gasteiger partial charge in [-0.05, 0) is 34.9 Å². The van der Waals surface area contributed by atoms with Gasteiger partial charge in [0.25, 0.3) is 5.91 Å². The number of carbonyl (C=O) groups excluding carboxylic acids is 1. The zero-order valence-electron chi connectivity index (χ0n) is 12.8. The lowest BCUT2D eigenvalue weighted by molar-refractivity contribution is 0.0916. The van der Waals surface area contributed by atoms with Crippen molar-refractivity contribution in [2.75, 3.05) is 6.61 Å². The second-order valence-electron chi connectivity index (χ2n) is 5.60. The molecule has 0 aliphatic rings. The molecule has 23 heavy (non-hydrogen) atoms. The van der Waals surface area contributed by atoms with Crippen LogP contribution < -0.4 is 5.32 Å². The number of amides is 1. The van der Waals surface area contributed by atoms with E-state index in [4.69, 9.17) is 0 Å². The van der Waals surface area contributed by atoms with Gasteiger partial charge < -0.3 is 10.4 Å². The minimum Gasteiger partial charge on any atom is -0.394 e. The molecule has 2 N–H and O–H groups in total. The summed E-state index contributed by atoms with van der Waals surface area (Å²) in [6.07, 6.45) is 0.608. The zero-order chi connectivity index (χ0) is 16.1. The van der Waals surface area contributed by atoms with E-state index >= 15 is 0 Å². The second kappa shape index (κ2) is 7.07. The van der Waals surface area contributed by atoms with Gasteiger partial charge in [0.15, 0.2) is 0 Å². The summed E-state index contributed by atoms with van der Waals surface area (Å²) < 4.78 is 0. The average Bonchev–Trinajstić information content (AvgIpc) is 2.61. The number of nitrogens with one attached hydrogen (secondary N) is 1. The highest BCUT2D eigenvalue weighted by Crippen LogP contribution is 2.15. The van der Waals surface area contributed by atoms with Crippen LogP contribution in [0.3, 0.4) is 0 Å². The van der Waals surface area contributed by atoms with E-state index in [0.717, 1.165) is 16.3 Å². The minimum atomic E-state index is -0.295. The zero-order valence-corrected chi connectivity index (χ0v) is 12.8. The summed E-state index contributed by atoms with van der Waals surface area (Å²) >= 11 is 0. The summed E-state index contributed by atoms with van der Waals surface area (Å²) in [5.74, 6) is -0.161. The SMILES string of the molecule is O=C(N[C@@H](CO)Cc1ccccc1)c1ccc2ccccc2c1. The van der Waals surface area contributed by atoms with Gasteiger partial charge in [-0.2, -0.15) is 0 Å². The normalized spacial score (nSPS) is 12.0. The molecule has 0 bridgehead atoms. The van der Waals surface area contributed by atoms with E-state index < -0.39 is 0 Å². The van der Waals surface area contributed by atoms with Crippen molar-refractivity contribution < 1.29 is 9.90 Å². The molecule has 0 aromatic heterocycles. The number of rotatable bonds is 5. The van der Waals surface area contributed by atoms with Crippen LogP contribution in [0.2, 0.25) is 0 Å². The van der Waals surface area contributed by atoms with Crippen LogP contribution >= 0.6 is 0 Å². The molecular formula is C20H19NO2. The molecule has 3 aromatic carbocycles. The molecule has 3 rings (SSSR count). The van der Waals surface area contributed by atoms with Gasteiger partial charge in [0.05, 0.1) is 12.6 Å². The van der Waals surface area contributed by atoms with Gasteiger partial charge in [-0.15, -0.1) is 0 Å². The molecule has 3 aromatic rings. The van der Waals surface area contributed by atoms with Gasteiger partial charge in [0.1, 0.15) is 0 Å². The largest absolute Gasteiger partial charge is 0.394 e. The van der Waals surface area contributed by atoms with Crippen LogP contribution in [0.25, 0.3) is 10.8 Å². The summed E-state index contributed by atoms with van der Waals surface area (Å²) in [5, 5.41) is 14.6. The summed E-state index contributed by atoms with van der Waals surface area (Å²) in [6.45, 7) is -0.0891. The highest BCUT2D eigenvalue weighted by Gasteiger charge is 2.14. The summed E-state index contributed by atoms with van der Waals surface area (Å²) in [4.78, 5) is 12.4. The molecule has 0 fully saturated rings. The molecule has 0 aliphatic heterocycles. The number of benzene rings is 3. The van der Waals surface area contributed by atoms with Gasteiger partial charge in [-0.25, -0.2) is 0 Å². The Morgan fingerprint density at radius 1 is 0.913 bits per heavy atom. The lowest BCUT2D eigenvalue weighted by atomic mass is 10.0. The molecule has 1 amide bonds. The third kappa shape index (κ3) is 3.76. The number of hydrogen-bond acceptors (Lipinski definition) is 2. The van der Waals surface area contributed by atoms with Crippen molar-refractivity contribution in [1.82, 2.24) is 5.32 Å². The van der Waals surface area contributed by atoms with Crippen molar-refractivity contribution in [3.05, 3.63) is 83.9 Å². The topological polar surface area (TPSA) is 49.3 Å². The number of aliphatic hydroxyl groups is 1. The maximum atomic E-state index is 12.4. The molecule has 0 saturated carbocycles. The molecule has 0 aliphatic carbocycles. The summed E-state index contributed by atoms with van der Waals surface area (Å²) in [7, 11) is 0. The number of hydrogen-bond donors (Lipinski definition) is 2. The molecule has 0 spiro atoms. The Morgan fingerprint density at radius 3 is 2.35 bits per heavy atom. The van der Waals surface area contributed by atoms with E-state index in [1.54, 1.807) is 0 Å². The first-order chi connectivity index (χ1) is 11.3. The first-order valence-electron chi connectivity index (χ1n) is 7.71. The molecule has 3 heteroatoms. The fourth-order valence-electron chi connectivity index (χ4n) is 2.66. The molecule has 1 atom stereocenters. The molecule has 3 nitrogen and oxygen atoms in total. The number of carbonyl (C=O) groups is 1. The van der Waals surface area contributed by atoms with Crippen molar-refractivity contribution in [2.45, 2.75) is 12.5 Å². The molecule has 0 heterocycles. The molecule has 0 unspecified atom stereocenters. The molecule has 0 saturated heterocycles. The van der Waals surface area contributed by atoms with Crippen molar-refractivity contribution in [1.29, 1.82) is 0 Å². The Kier molecular flexibility index (Phi) is 4.69. The average molecular weight is 305 g/mol. The molecule has 116 valence electrons. The second-order valence-corrected chi connectivity index (χ2v) is 5.60. The van der Waals surface area contributed by atoms with Crippen LogP contribution in [0.15, 0.2) is 72.8 Å². The number of fused-ring (bicyclic) bond motifs is 1. The van der Waals surface area contributed by atoms with E-state index in [2.05, 4.69) is 5.32 Å². The molecule has 0 radical (unpaired) electrons. The van der Waals surface area contributed by atoms with Gasteiger partial charge in [-0.3, -0.25) is 4.79 Å². The van der Waals surface area contributed by atoms with Crippen LogP contribution in [0, 0.1) is 0 Å². The van der Waals surface area contributed by atoms with Gasteiger partial charge in [-0.1, -0.05) is 60.7 Å². The van der Waals surface area contributed by atoms with Crippen molar-refractivity contribution in [3.63, 3.8) is 0 Å². The first-order valence-corrected chi connectivity index (χ1v) is 7.71. The monoisotopic (exact) mass is 305 g/mol. The maximum absolute atomic E-state index is 12.4. The molecular weight excluding hydrogens is 286 g/mol. The van der Waals surface area contributed by atoms with Crippen molar-refractivity contribution >= 4 is 16.7 Å².